The molecule has 0 amide bonds. The van der Waals surface area contributed by atoms with E-state index in [-0.39, 0.29) is 67.5 Å². The third kappa shape index (κ3) is 24.2. The van der Waals surface area contributed by atoms with Crippen molar-refractivity contribution in [2.45, 2.75) is 34.3 Å². The monoisotopic (exact) mass is 1440 g/mol. The molecule has 0 fully saturated rings. The number of ether oxygens (including phenoxy) is 1. The highest BCUT2D eigenvalue weighted by molar-refractivity contribution is 6.02. The minimum Gasteiger partial charge on any atom is -0.872 e. The first-order valence-corrected chi connectivity index (χ1v) is 28.1. The van der Waals surface area contributed by atoms with Crippen LogP contribution in [0.5, 0.6) is 97.7 Å². The highest BCUT2D eigenvalue weighted by Gasteiger charge is 2.18. The number of hydrogen-bond acceptors (Lipinski definition) is 27. The number of phenols is 8. The van der Waals surface area contributed by atoms with E-state index in [0.717, 1.165) is 84.9 Å². The number of carboxylic acid groups (broad SMARTS) is 8. The Balaban J connectivity index is 0.000000405. The van der Waals surface area contributed by atoms with Gasteiger partial charge in [-0.3, -0.25) is 4.79 Å². The van der Waals surface area contributed by atoms with Gasteiger partial charge in [0.05, 0.1) is 63.8 Å². The Bertz CT molecular complexity index is 4590. The number of aliphatic hydroxyl groups is 1. The maximum absolute atomic E-state index is 11.5. The summed E-state index contributed by atoms with van der Waals surface area (Å²) in [5, 5.41) is 238. The fraction of sp³-hybridized carbons (Fsp3) is 0.0870. The average molecular weight is 1450 g/mol. The first-order valence-electron chi connectivity index (χ1n) is 28.1. The molecule has 0 saturated heterocycles. The van der Waals surface area contributed by atoms with E-state index >= 15 is 0 Å². The van der Waals surface area contributed by atoms with Gasteiger partial charge in [-0.2, -0.15) is 0 Å². The Hall–Kier alpha value is -15.0. The molecule has 0 aliphatic carbocycles. The molecule has 17 N–H and O–H groups in total. The van der Waals surface area contributed by atoms with Crippen molar-refractivity contribution in [3.05, 3.63) is 206 Å². The van der Waals surface area contributed by atoms with Gasteiger partial charge >= 0.3 is 47.8 Å². The summed E-state index contributed by atoms with van der Waals surface area (Å²) in [6.45, 7) is 5.36. The van der Waals surface area contributed by atoms with Crippen molar-refractivity contribution in [1.82, 2.24) is 0 Å². The van der Waals surface area contributed by atoms with Gasteiger partial charge in [0.25, 0.3) is 0 Å². The molecule has 0 spiro atoms. The highest BCUT2D eigenvalue weighted by atomic mass is 16.5. The number of methoxy groups -OCH3 is 1. The Kier molecular flexibility index (Phi) is 31.2. The van der Waals surface area contributed by atoms with Crippen molar-refractivity contribution in [2.24, 2.45) is 0 Å². The molecule has 9 aromatic carbocycles. The number of rotatable bonds is 12. The summed E-state index contributed by atoms with van der Waals surface area (Å²) in [4.78, 5) is 94.9. The summed E-state index contributed by atoms with van der Waals surface area (Å²) >= 11 is 0. The first-order chi connectivity index (χ1) is 48.3. The Labute approximate surface area is 583 Å². The predicted molar refractivity (Wildman–Crippen MR) is 338 cm³/mol. The zero-order valence-electron chi connectivity index (χ0n) is 53.9. The van der Waals surface area contributed by atoms with Crippen LogP contribution in [0.15, 0.2) is 133 Å². The van der Waals surface area contributed by atoms with Crippen molar-refractivity contribution >= 4 is 53.5 Å². The molecule has 9 aromatic rings. The summed E-state index contributed by atoms with van der Waals surface area (Å²) in [5.74, 6) is -20.2. The maximum atomic E-state index is 11.5. The quantitative estimate of drug-likeness (QED) is 0.0777. The van der Waals surface area contributed by atoms with Gasteiger partial charge in [0.2, 0.25) is 0 Å². The van der Waals surface area contributed by atoms with Crippen LogP contribution in [-0.2, 0) is 6.61 Å². The van der Waals surface area contributed by atoms with E-state index in [1.807, 2.05) is 0 Å². The number of hydrogen-bond donors (Lipinski definition) is 17. The van der Waals surface area contributed by atoms with Crippen LogP contribution in [0.4, 0.5) is 0 Å². The molecular weight excluding hydrogens is 1390 g/mol. The number of carboxylic acids is 8. The molecule has 0 radical (unpaired) electrons. The van der Waals surface area contributed by atoms with Gasteiger partial charge in [0, 0.05) is 0 Å². The highest BCUT2D eigenvalue weighted by Crippen LogP contribution is 2.36. The number of benzene rings is 9. The van der Waals surface area contributed by atoms with Crippen LogP contribution < -0.4 is 45.6 Å². The number of aryl methyl sites for hydroxylation is 1. The van der Waals surface area contributed by atoms with Gasteiger partial charge in [-0.25, -0.2) is 38.4 Å². The summed E-state index contributed by atoms with van der Waals surface area (Å²) in [7, 11) is 1.25. The molecule has 0 heterocycles. The average Bonchev–Trinajstić information content (AvgIpc) is 0.827. The smallest absolute Gasteiger partial charge is 0.338 e. The first kappa shape index (κ1) is 85.1. The van der Waals surface area contributed by atoms with Crippen LogP contribution in [0.2, 0.25) is 0 Å². The Morgan fingerprint density at radius 2 is 0.875 bits per heavy atom. The Morgan fingerprint density at radius 1 is 0.365 bits per heavy atom. The van der Waals surface area contributed by atoms with E-state index in [9.17, 15) is 94.2 Å². The van der Waals surface area contributed by atoms with Crippen LogP contribution in [0, 0.1) is 20.8 Å². The summed E-state index contributed by atoms with van der Waals surface area (Å²) in [5.41, 5.74) is -1.16. The fourth-order valence-electron chi connectivity index (χ4n) is 7.80. The van der Waals surface area contributed by atoms with Crippen LogP contribution >= 0.6 is 0 Å². The molecule has 104 heavy (non-hydrogen) atoms. The largest absolute Gasteiger partial charge is 0.872 e. The molecule has 0 unspecified atom stereocenters. The second-order valence-electron chi connectivity index (χ2n) is 20.3. The van der Waals surface area contributed by atoms with Crippen LogP contribution in [-0.4, -0.2) is 147 Å². The molecule has 0 atom stereocenters. The van der Waals surface area contributed by atoms with Crippen LogP contribution in [0.25, 0.3) is 11.1 Å². The van der Waals surface area contributed by atoms with Crippen molar-refractivity contribution in [3.63, 3.8) is 0 Å². The van der Waals surface area contributed by atoms with Crippen molar-refractivity contribution in [3.8, 4) is 109 Å². The molecule has 0 aliphatic rings. The topological polar surface area (TPSA) is 691 Å². The number of ketones is 1. The molecule has 0 bridgehead atoms. The van der Waals surface area contributed by atoms with E-state index in [2.05, 4.69) is 4.74 Å². The normalized spacial score (nSPS) is 9.79. The van der Waals surface area contributed by atoms with Crippen LogP contribution in [0.3, 0.4) is 0 Å². The van der Waals surface area contributed by atoms with Gasteiger partial charge in [-0.05, 0) is 140 Å². The lowest BCUT2D eigenvalue weighted by Crippen LogP contribution is -2.07. The predicted octanol–water partition coefficient (Wildman–Crippen LogP) is 3.61. The zero-order valence-corrected chi connectivity index (χ0v) is 53.9. The van der Waals surface area contributed by atoms with Gasteiger partial charge in [-0.1, -0.05) is 88.9 Å². The molecule has 0 saturated carbocycles. The SMILES string of the molecule is CC(=O)c1cc(C(=O)O)c([O-])cc1O.COc1ccc(O)c([O-])c1C(=O)O.Cc1c([O-])cc(C(=O)O)cc1O.Cc1cc(O)c(C(=O)O)c([O-])c1C.O=C(O)c1c([O-])cc(CO)cc1O.O=C(O)c1c([O-])cc(O)cc1-c1ccccc1.O=C(O)c1cc([O-])cc(O)c1.O=C(O)c1ccc([O-])c(O)c1. The summed E-state index contributed by atoms with van der Waals surface area (Å²) < 4.78 is 4.65. The van der Waals surface area contributed by atoms with Gasteiger partial charge in [0.1, 0.15) is 51.7 Å². The molecule has 35 nitrogen and oxygen atoms in total. The number of aliphatic hydroxyl groups excluding tert-OH is 1. The molecule has 9 rings (SSSR count). The number of carbonyl (C=O) groups is 9. The van der Waals surface area contributed by atoms with E-state index in [0.29, 0.717) is 16.7 Å². The van der Waals surface area contributed by atoms with Gasteiger partial charge in [-0.15, -0.1) is 11.5 Å². The standard InChI is InChI=1S/C13H10O4.C9H8O5.C9H10O4.2C8H8O5.C8H8O4.2C7H6O4/c14-9-6-10(8-4-2-1-3-5-8)12(13(16)17)11(15)7-9;1-4(10)5-2-6(9(13)14)8(12)3-7(5)11;1-4-3-6(10)7(9(12)13)8(11)5(4)2;9-3-4-1-5(10)7(8(12)13)6(11)2-4;1-13-5-3-2-4(9)7(10)6(5)8(11)12;1-4-6(9)2-5(8(11)12)3-7(4)10;8-5-1-4(7(10)11)2-6(9)3-5;8-5-2-1-4(7(10)11)3-6(5)9/h1-7,14-15H,(H,16,17);2-3,11-12H,1H3,(H,13,14);3,10-11H,1-2H3,(H,12,13);1-2,9-11H,3H2,(H,12,13);2-3,9-10H,1H3,(H,11,12);2-3,9-10H,1H3,(H,11,12);2*1-3,8-9H,(H,10,11)/p-8. The third-order valence-corrected chi connectivity index (χ3v) is 13.1. The summed E-state index contributed by atoms with van der Waals surface area (Å²) in [6, 6.07) is 26.0. The Morgan fingerprint density at radius 3 is 1.34 bits per heavy atom. The second-order valence-corrected chi connectivity index (χ2v) is 20.3. The molecule has 0 aromatic heterocycles. The van der Waals surface area contributed by atoms with E-state index in [1.54, 1.807) is 37.3 Å². The molecule has 0 aliphatic heterocycles. The minimum absolute atomic E-state index is 0.0599. The van der Waals surface area contributed by atoms with Crippen molar-refractivity contribution in [2.75, 3.05) is 7.11 Å². The van der Waals surface area contributed by atoms with E-state index in [1.165, 1.54) is 46.1 Å². The molecule has 550 valence electrons. The van der Waals surface area contributed by atoms with Crippen molar-refractivity contribution in [1.29, 1.82) is 0 Å². The second kappa shape index (κ2) is 38.2. The molecular formula is C69H56O35-8. The van der Waals surface area contributed by atoms with E-state index in [4.69, 9.17) is 76.6 Å². The van der Waals surface area contributed by atoms with Gasteiger partial charge < -0.3 is 132 Å². The zero-order chi connectivity index (χ0) is 79.6. The number of Topliss-reactive ketones (excluding diaryl/α,β-unsaturated/α-hetero) is 1. The maximum Gasteiger partial charge on any atom is 0.338 e. The fourth-order valence-corrected chi connectivity index (χ4v) is 7.80. The number of aromatic hydroxyl groups is 8. The van der Waals surface area contributed by atoms with Crippen LogP contribution in [0.1, 0.15) is 122 Å². The lowest BCUT2D eigenvalue weighted by molar-refractivity contribution is -0.271. The number of phenolic OH excluding ortho intramolecular Hbond substituents is 6. The van der Waals surface area contributed by atoms with E-state index < -0.39 is 157 Å². The lowest BCUT2D eigenvalue weighted by Gasteiger charge is -2.17. The lowest BCUT2D eigenvalue weighted by atomic mass is 9.98. The number of carbonyl (C=O) groups excluding carboxylic acids is 1. The summed E-state index contributed by atoms with van der Waals surface area (Å²) in [6.07, 6.45) is 0. The van der Waals surface area contributed by atoms with Gasteiger partial charge in [0.15, 0.2) is 5.78 Å². The molecule has 35 heteroatoms. The van der Waals surface area contributed by atoms with Crippen molar-refractivity contribution < 1.29 is 176 Å². The minimum atomic E-state index is -1.48. The third-order valence-electron chi connectivity index (χ3n) is 13.1. The number of aromatic carboxylic acids is 8.